The SMILES string of the molecule is CC(F)(F)CN1CCC(C(=O)Nc2cc3cc(-c4cncs4)ccc3cn2)CC1. The van der Waals surface area contributed by atoms with Crippen molar-refractivity contribution >= 4 is 33.8 Å². The average Bonchev–Trinajstić information content (AvgIpc) is 3.21. The highest BCUT2D eigenvalue weighted by molar-refractivity contribution is 7.13. The maximum Gasteiger partial charge on any atom is 0.257 e. The topological polar surface area (TPSA) is 58.1 Å². The Bertz CT molecular complexity index is 996. The lowest BCUT2D eigenvalue weighted by atomic mass is 9.95. The summed E-state index contributed by atoms with van der Waals surface area (Å²) in [5.74, 6) is -2.48. The van der Waals surface area contributed by atoms with Crippen LogP contribution in [0.4, 0.5) is 14.6 Å². The molecule has 1 aliphatic heterocycles. The van der Waals surface area contributed by atoms with E-state index in [0.29, 0.717) is 31.7 Å². The zero-order chi connectivity index (χ0) is 20.4. The summed E-state index contributed by atoms with van der Waals surface area (Å²) in [4.78, 5) is 23.9. The van der Waals surface area contributed by atoms with Gasteiger partial charge in [0.05, 0.1) is 16.9 Å². The maximum absolute atomic E-state index is 13.2. The summed E-state index contributed by atoms with van der Waals surface area (Å²) in [6.45, 7) is 1.68. The molecule has 0 atom stereocenters. The minimum Gasteiger partial charge on any atom is -0.310 e. The predicted octanol–water partition coefficient (Wildman–Crippen LogP) is 4.66. The molecule has 1 aliphatic rings. The molecule has 0 radical (unpaired) electrons. The van der Waals surface area contributed by atoms with Gasteiger partial charge < -0.3 is 5.32 Å². The van der Waals surface area contributed by atoms with Crippen LogP contribution in [0.1, 0.15) is 19.8 Å². The van der Waals surface area contributed by atoms with Crippen LogP contribution in [0.5, 0.6) is 0 Å². The van der Waals surface area contributed by atoms with Crippen LogP contribution in [-0.2, 0) is 4.79 Å². The number of rotatable bonds is 5. The number of halogens is 2. The Labute approximate surface area is 171 Å². The van der Waals surface area contributed by atoms with Crippen LogP contribution in [-0.4, -0.2) is 46.3 Å². The number of nitrogens with one attached hydrogen (secondary N) is 1. The number of thiazole rings is 1. The summed E-state index contributed by atoms with van der Waals surface area (Å²) in [5, 5.41) is 4.87. The molecule has 0 bridgehead atoms. The summed E-state index contributed by atoms with van der Waals surface area (Å²) in [5.41, 5.74) is 2.87. The molecule has 0 unspecified atom stereocenters. The Kier molecular flexibility index (Phi) is 5.56. The molecule has 152 valence electrons. The van der Waals surface area contributed by atoms with Crippen molar-refractivity contribution in [3.8, 4) is 10.4 Å². The molecule has 5 nitrogen and oxygen atoms in total. The van der Waals surface area contributed by atoms with Crippen molar-refractivity contribution in [2.24, 2.45) is 5.92 Å². The van der Waals surface area contributed by atoms with Gasteiger partial charge in [0.2, 0.25) is 5.91 Å². The zero-order valence-electron chi connectivity index (χ0n) is 16.1. The van der Waals surface area contributed by atoms with Crippen LogP contribution in [0, 0.1) is 5.92 Å². The van der Waals surface area contributed by atoms with Crippen LogP contribution < -0.4 is 5.32 Å². The smallest absolute Gasteiger partial charge is 0.257 e. The molecule has 3 aromatic rings. The first-order chi connectivity index (χ1) is 13.9. The van der Waals surface area contributed by atoms with E-state index in [2.05, 4.69) is 21.4 Å². The number of likely N-dealkylation sites (tertiary alicyclic amines) is 1. The van der Waals surface area contributed by atoms with Gasteiger partial charge in [0.15, 0.2) is 0 Å². The molecule has 1 saturated heterocycles. The largest absolute Gasteiger partial charge is 0.310 e. The fourth-order valence-electron chi connectivity index (χ4n) is 3.70. The van der Waals surface area contributed by atoms with E-state index in [-0.39, 0.29) is 18.4 Å². The number of benzene rings is 1. The lowest BCUT2D eigenvalue weighted by molar-refractivity contribution is -0.121. The number of carbonyl (C=O) groups excluding carboxylic acids is 1. The predicted molar refractivity (Wildman–Crippen MR) is 111 cm³/mol. The van der Waals surface area contributed by atoms with Gasteiger partial charge in [-0.2, -0.15) is 0 Å². The highest BCUT2D eigenvalue weighted by atomic mass is 32.1. The highest BCUT2D eigenvalue weighted by Crippen LogP contribution is 2.28. The van der Waals surface area contributed by atoms with Crippen LogP contribution >= 0.6 is 11.3 Å². The van der Waals surface area contributed by atoms with E-state index in [1.54, 1.807) is 27.9 Å². The minimum atomic E-state index is -2.71. The first-order valence-electron chi connectivity index (χ1n) is 9.57. The molecule has 1 fully saturated rings. The fraction of sp³-hybridized carbons (Fsp3) is 0.381. The van der Waals surface area contributed by atoms with Crippen molar-refractivity contribution in [2.75, 3.05) is 25.0 Å². The number of pyridine rings is 1. The van der Waals surface area contributed by atoms with Crippen LogP contribution in [0.3, 0.4) is 0 Å². The second-order valence-corrected chi connectivity index (χ2v) is 8.49. The van der Waals surface area contributed by atoms with E-state index in [1.165, 1.54) is 0 Å². The average molecular weight is 416 g/mol. The van der Waals surface area contributed by atoms with Gasteiger partial charge in [-0.05, 0) is 49.0 Å². The molecule has 1 aromatic carbocycles. The Morgan fingerprint density at radius 3 is 2.72 bits per heavy atom. The fourth-order valence-corrected chi connectivity index (χ4v) is 4.32. The number of fused-ring (bicyclic) bond motifs is 1. The minimum absolute atomic E-state index is 0.0987. The summed E-state index contributed by atoms with van der Waals surface area (Å²) in [6, 6.07) is 7.96. The number of anilines is 1. The summed E-state index contributed by atoms with van der Waals surface area (Å²) in [7, 11) is 0. The van der Waals surface area contributed by atoms with Crippen LogP contribution in [0.15, 0.2) is 42.2 Å². The van der Waals surface area contributed by atoms with E-state index in [0.717, 1.165) is 28.1 Å². The van der Waals surface area contributed by atoms with Gasteiger partial charge in [-0.25, -0.2) is 13.8 Å². The third-order valence-corrected chi connectivity index (χ3v) is 5.97. The Morgan fingerprint density at radius 2 is 2.03 bits per heavy atom. The van der Waals surface area contributed by atoms with Gasteiger partial charge in [0.25, 0.3) is 5.92 Å². The first-order valence-corrected chi connectivity index (χ1v) is 10.4. The zero-order valence-corrected chi connectivity index (χ0v) is 16.9. The van der Waals surface area contributed by atoms with Crippen molar-refractivity contribution in [2.45, 2.75) is 25.7 Å². The third kappa shape index (κ3) is 4.94. The maximum atomic E-state index is 13.2. The van der Waals surface area contributed by atoms with Crippen molar-refractivity contribution in [3.63, 3.8) is 0 Å². The lowest BCUT2D eigenvalue weighted by Crippen LogP contribution is -2.42. The highest BCUT2D eigenvalue weighted by Gasteiger charge is 2.30. The molecule has 2 aromatic heterocycles. The molecule has 0 spiro atoms. The molecular formula is C21H22F2N4OS. The summed E-state index contributed by atoms with van der Waals surface area (Å²) < 4.78 is 26.3. The van der Waals surface area contributed by atoms with E-state index < -0.39 is 5.92 Å². The number of nitrogens with zero attached hydrogens (tertiary/aromatic N) is 3. The van der Waals surface area contributed by atoms with Crippen molar-refractivity contribution in [1.29, 1.82) is 0 Å². The van der Waals surface area contributed by atoms with Gasteiger partial charge in [-0.1, -0.05) is 12.1 Å². The molecule has 1 N–H and O–H groups in total. The van der Waals surface area contributed by atoms with Crippen LogP contribution in [0.25, 0.3) is 21.2 Å². The van der Waals surface area contributed by atoms with E-state index in [1.807, 2.05) is 24.4 Å². The number of amides is 1. The Morgan fingerprint density at radius 1 is 1.24 bits per heavy atom. The molecule has 0 saturated carbocycles. The van der Waals surface area contributed by atoms with Gasteiger partial charge in [0.1, 0.15) is 5.82 Å². The van der Waals surface area contributed by atoms with Gasteiger partial charge >= 0.3 is 0 Å². The molecule has 0 aliphatic carbocycles. The Hall–Kier alpha value is -2.45. The third-order valence-electron chi connectivity index (χ3n) is 5.15. The number of hydrogen-bond acceptors (Lipinski definition) is 5. The second kappa shape index (κ2) is 8.12. The normalized spacial score (nSPS) is 16.2. The molecule has 8 heteroatoms. The Balaban J connectivity index is 1.42. The number of carbonyl (C=O) groups is 1. The van der Waals surface area contributed by atoms with Crippen molar-refractivity contribution < 1.29 is 13.6 Å². The standard InChI is InChI=1S/C21H22F2N4OS/c1-21(22,23)12-27-6-4-14(5-7-27)20(28)26-19-9-17-8-15(18-11-24-13-29-18)2-3-16(17)10-25-19/h2-3,8-11,13-14H,4-7,12H2,1H3,(H,25,26,28). The summed E-state index contributed by atoms with van der Waals surface area (Å²) >= 11 is 1.57. The molecule has 4 rings (SSSR count). The molecular weight excluding hydrogens is 394 g/mol. The van der Waals surface area contributed by atoms with Gasteiger partial charge in [-0.15, -0.1) is 11.3 Å². The lowest BCUT2D eigenvalue weighted by Gasteiger charge is -2.32. The monoisotopic (exact) mass is 416 g/mol. The number of piperidine rings is 1. The van der Waals surface area contributed by atoms with Crippen molar-refractivity contribution in [1.82, 2.24) is 14.9 Å². The molecule has 3 heterocycles. The number of aromatic nitrogens is 2. The molecule has 1 amide bonds. The quantitative estimate of drug-likeness (QED) is 0.657. The summed E-state index contributed by atoms with van der Waals surface area (Å²) in [6.07, 6.45) is 4.72. The van der Waals surface area contributed by atoms with Gasteiger partial charge in [-0.3, -0.25) is 14.7 Å². The van der Waals surface area contributed by atoms with Gasteiger partial charge in [0, 0.05) is 30.6 Å². The van der Waals surface area contributed by atoms with Crippen LogP contribution in [0.2, 0.25) is 0 Å². The molecule has 29 heavy (non-hydrogen) atoms. The first kappa shape index (κ1) is 19.8. The van der Waals surface area contributed by atoms with E-state index >= 15 is 0 Å². The number of hydrogen-bond donors (Lipinski definition) is 1. The number of alkyl halides is 2. The van der Waals surface area contributed by atoms with E-state index in [4.69, 9.17) is 0 Å². The van der Waals surface area contributed by atoms with Crippen molar-refractivity contribution in [3.05, 3.63) is 42.2 Å². The van der Waals surface area contributed by atoms with E-state index in [9.17, 15) is 13.6 Å². The second-order valence-electron chi connectivity index (χ2n) is 7.61.